The summed E-state index contributed by atoms with van der Waals surface area (Å²) in [7, 11) is 0.141. The number of hydrogen-bond acceptors (Lipinski definition) is 5. The molecule has 0 saturated heterocycles. The van der Waals surface area contributed by atoms with Crippen LogP contribution < -0.4 is 15.4 Å². The molecule has 0 aliphatic carbocycles. The first-order valence-corrected chi connectivity index (χ1v) is 10.0. The fourth-order valence-electron chi connectivity index (χ4n) is 2.27. The van der Waals surface area contributed by atoms with E-state index in [9.17, 15) is 8.42 Å². The number of sulfone groups is 1. The molecule has 0 atom stereocenters. The van der Waals surface area contributed by atoms with Crippen molar-refractivity contribution in [1.29, 1.82) is 0 Å². The van der Waals surface area contributed by atoms with E-state index in [0.29, 0.717) is 29.8 Å². The number of hydrogen-bond donors (Lipinski definition) is 2. The Balaban J connectivity index is 0.00000364. The van der Waals surface area contributed by atoms with Gasteiger partial charge in [-0.1, -0.05) is 18.2 Å². The second kappa shape index (κ2) is 11.1. The van der Waals surface area contributed by atoms with Gasteiger partial charge < -0.3 is 15.4 Å². The Kier molecular flexibility index (Phi) is 9.50. The average Bonchev–Trinajstić information content (AvgIpc) is 2.64. The highest BCUT2D eigenvalue weighted by Crippen LogP contribution is 2.10. The summed E-state index contributed by atoms with van der Waals surface area (Å²) in [6, 6.07) is 10.7. The van der Waals surface area contributed by atoms with Crippen LogP contribution in [0.5, 0.6) is 5.88 Å². The number of nitrogens with zero attached hydrogens (tertiary/aromatic N) is 2. The van der Waals surface area contributed by atoms with Crippen molar-refractivity contribution < 1.29 is 13.2 Å². The molecule has 0 bridgehead atoms. The number of ether oxygens (including phenoxy) is 1. The summed E-state index contributed by atoms with van der Waals surface area (Å²) >= 11 is 0. The molecule has 2 rings (SSSR count). The lowest BCUT2D eigenvalue weighted by molar-refractivity contribution is 0.397. The summed E-state index contributed by atoms with van der Waals surface area (Å²) in [4.78, 5) is 8.68. The van der Waals surface area contributed by atoms with E-state index in [2.05, 4.69) is 20.6 Å². The minimum atomic E-state index is -3.15. The molecular formula is C18H25IN4O3S. The molecule has 9 heteroatoms. The van der Waals surface area contributed by atoms with E-state index in [1.165, 1.54) is 6.26 Å². The largest absolute Gasteiger partial charge is 0.481 e. The number of guanidine groups is 1. The first kappa shape index (κ1) is 23.2. The highest BCUT2D eigenvalue weighted by atomic mass is 127. The van der Waals surface area contributed by atoms with Gasteiger partial charge >= 0.3 is 0 Å². The number of rotatable bonds is 7. The zero-order valence-corrected chi connectivity index (χ0v) is 18.7. The maximum atomic E-state index is 11.5. The highest BCUT2D eigenvalue weighted by Gasteiger charge is 2.06. The fourth-order valence-corrected chi connectivity index (χ4v) is 2.90. The van der Waals surface area contributed by atoms with Crippen LogP contribution >= 0.6 is 24.0 Å². The normalized spacial score (nSPS) is 11.4. The number of pyridine rings is 1. The molecule has 1 heterocycles. The van der Waals surface area contributed by atoms with E-state index in [-0.39, 0.29) is 24.0 Å². The van der Waals surface area contributed by atoms with Crippen molar-refractivity contribution in [2.75, 3.05) is 27.0 Å². The van der Waals surface area contributed by atoms with E-state index in [0.717, 1.165) is 17.5 Å². The number of halogens is 1. The van der Waals surface area contributed by atoms with Gasteiger partial charge in [-0.2, -0.15) is 0 Å². The molecule has 0 saturated carbocycles. The Labute approximate surface area is 177 Å². The monoisotopic (exact) mass is 504 g/mol. The van der Waals surface area contributed by atoms with Gasteiger partial charge in [0.15, 0.2) is 15.8 Å². The van der Waals surface area contributed by atoms with E-state index >= 15 is 0 Å². The Morgan fingerprint density at radius 3 is 2.30 bits per heavy atom. The summed E-state index contributed by atoms with van der Waals surface area (Å²) in [5.41, 5.74) is 2.07. The van der Waals surface area contributed by atoms with E-state index in [4.69, 9.17) is 4.74 Å². The Morgan fingerprint density at radius 2 is 1.78 bits per heavy atom. The van der Waals surface area contributed by atoms with Crippen LogP contribution in [0, 0.1) is 0 Å². The second-order valence-corrected chi connectivity index (χ2v) is 7.74. The van der Waals surface area contributed by atoms with Gasteiger partial charge in [0.1, 0.15) is 0 Å². The van der Waals surface area contributed by atoms with Gasteiger partial charge in [0.25, 0.3) is 0 Å². The highest BCUT2D eigenvalue weighted by molar-refractivity contribution is 14.0. The van der Waals surface area contributed by atoms with Crippen LogP contribution in [0.3, 0.4) is 0 Å². The maximum Gasteiger partial charge on any atom is 0.212 e. The van der Waals surface area contributed by atoms with E-state index in [1.54, 1.807) is 32.5 Å². The summed E-state index contributed by atoms with van der Waals surface area (Å²) in [5.74, 6) is 1.27. The molecule has 1 aromatic heterocycles. The van der Waals surface area contributed by atoms with Crippen molar-refractivity contribution >= 4 is 39.8 Å². The molecule has 148 valence electrons. The van der Waals surface area contributed by atoms with Crippen molar-refractivity contribution in [1.82, 2.24) is 15.6 Å². The van der Waals surface area contributed by atoms with Crippen LogP contribution in [0.2, 0.25) is 0 Å². The minimum absolute atomic E-state index is 0. The third kappa shape index (κ3) is 7.71. The van der Waals surface area contributed by atoms with Gasteiger partial charge in [-0.3, -0.25) is 4.99 Å². The summed E-state index contributed by atoms with van der Waals surface area (Å²) < 4.78 is 28.0. The lowest BCUT2D eigenvalue weighted by Crippen LogP contribution is -2.37. The summed E-state index contributed by atoms with van der Waals surface area (Å²) in [6.07, 6.45) is 3.72. The standard InChI is InChI=1S/C18H24N4O3S.HI/c1-19-18(22-13-15-6-9-17(25-2)21-12-15)20-11-10-14-4-7-16(8-5-14)26(3,23)24;/h4-9,12H,10-11,13H2,1-3H3,(H2,19,20,22);1H. The van der Waals surface area contributed by atoms with Gasteiger partial charge in [-0.25, -0.2) is 13.4 Å². The number of methoxy groups -OCH3 is 1. The van der Waals surface area contributed by atoms with Gasteiger partial charge in [0.05, 0.1) is 12.0 Å². The SMILES string of the molecule is CN=C(NCCc1ccc(S(C)(=O)=O)cc1)NCc1ccc(OC)nc1.I. The third-order valence-corrected chi connectivity index (χ3v) is 4.88. The zero-order chi connectivity index (χ0) is 19.0. The number of aromatic nitrogens is 1. The molecule has 0 spiro atoms. The molecule has 0 unspecified atom stereocenters. The molecule has 2 N–H and O–H groups in total. The minimum Gasteiger partial charge on any atom is -0.481 e. The molecule has 27 heavy (non-hydrogen) atoms. The van der Waals surface area contributed by atoms with Gasteiger partial charge in [0.2, 0.25) is 5.88 Å². The molecule has 0 fully saturated rings. The first-order valence-electron chi connectivity index (χ1n) is 8.15. The van der Waals surface area contributed by atoms with E-state index in [1.807, 2.05) is 24.3 Å². The molecule has 1 aromatic carbocycles. The van der Waals surface area contributed by atoms with Gasteiger partial charge in [0, 0.05) is 38.7 Å². The van der Waals surface area contributed by atoms with Gasteiger partial charge in [-0.15, -0.1) is 24.0 Å². The predicted octanol–water partition coefficient (Wildman–Crippen LogP) is 2.02. The van der Waals surface area contributed by atoms with Crippen molar-refractivity contribution in [2.24, 2.45) is 4.99 Å². The smallest absolute Gasteiger partial charge is 0.212 e. The van der Waals surface area contributed by atoms with Crippen LogP contribution in [-0.4, -0.2) is 46.3 Å². The lowest BCUT2D eigenvalue weighted by atomic mass is 10.1. The van der Waals surface area contributed by atoms with Crippen molar-refractivity contribution in [3.8, 4) is 5.88 Å². The molecular weight excluding hydrogens is 479 g/mol. The van der Waals surface area contributed by atoms with Crippen molar-refractivity contribution in [3.63, 3.8) is 0 Å². The number of nitrogens with one attached hydrogen (secondary N) is 2. The van der Waals surface area contributed by atoms with E-state index < -0.39 is 9.84 Å². The number of benzene rings is 1. The molecule has 7 nitrogen and oxygen atoms in total. The number of aliphatic imine (C=N–C) groups is 1. The predicted molar refractivity (Wildman–Crippen MR) is 118 cm³/mol. The second-order valence-electron chi connectivity index (χ2n) is 5.73. The maximum absolute atomic E-state index is 11.5. The fraction of sp³-hybridized carbons (Fsp3) is 0.333. The Bertz CT molecular complexity index is 838. The zero-order valence-electron chi connectivity index (χ0n) is 15.6. The Hall–Kier alpha value is -1.88. The van der Waals surface area contributed by atoms with Crippen LogP contribution in [-0.2, 0) is 22.8 Å². The molecule has 0 amide bonds. The topological polar surface area (TPSA) is 92.7 Å². The molecule has 2 aromatic rings. The van der Waals surface area contributed by atoms with Crippen LogP contribution in [0.1, 0.15) is 11.1 Å². The quantitative estimate of drug-likeness (QED) is 0.341. The lowest BCUT2D eigenvalue weighted by Gasteiger charge is -2.12. The molecule has 0 aliphatic heterocycles. The van der Waals surface area contributed by atoms with Crippen molar-refractivity contribution in [3.05, 3.63) is 53.7 Å². The Morgan fingerprint density at radius 1 is 1.11 bits per heavy atom. The van der Waals surface area contributed by atoms with Crippen LogP contribution in [0.15, 0.2) is 52.5 Å². The van der Waals surface area contributed by atoms with Crippen LogP contribution in [0.25, 0.3) is 0 Å². The first-order chi connectivity index (χ1) is 12.4. The summed E-state index contributed by atoms with van der Waals surface area (Å²) in [5, 5.41) is 6.45. The third-order valence-electron chi connectivity index (χ3n) is 3.75. The average molecular weight is 504 g/mol. The molecule has 0 aliphatic rings. The van der Waals surface area contributed by atoms with Crippen LogP contribution in [0.4, 0.5) is 0 Å². The van der Waals surface area contributed by atoms with Gasteiger partial charge in [-0.05, 0) is 29.7 Å². The van der Waals surface area contributed by atoms with Crippen molar-refractivity contribution in [2.45, 2.75) is 17.9 Å². The molecule has 0 radical (unpaired) electrons. The summed E-state index contributed by atoms with van der Waals surface area (Å²) in [6.45, 7) is 1.28.